The Kier molecular flexibility index (Phi) is 4.61. The molecule has 0 aliphatic carbocycles. The maximum Gasteiger partial charge on any atom is 0.292 e. The molecule has 0 aliphatic rings. The summed E-state index contributed by atoms with van der Waals surface area (Å²) in [5.41, 5.74) is 0.0557. The van der Waals surface area contributed by atoms with E-state index in [2.05, 4.69) is 22.4 Å². The van der Waals surface area contributed by atoms with Gasteiger partial charge >= 0.3 is 0 Å². The molecule has 19 heavy (non-hydrogen) atoms. The first kappa shape index (κ1) is 13.7. The minimum atomic E-state index is -0.295. The molecule has 0 saturated heterocycles. The molecule has 0 atom stereocenters. The second-order valence-electron chi connectivity index (χ2n) is 3.79. The van der Waals surface area contributed by atoms with Gasteiger partial charge < -0.3 is 5.32 Å². The molecule has 4 nitrogen and oxygen atoms in total. The van der Waals surface area contributed by atoms with Crippen LogP contribution in [0.4, 0.5) is 5.69 Å². The van der Waals surface area contributed by atoms with Crippen molar-refractivity contribution < 1.29 is 0 Å². The van der Waals surface area contributed by atoms with E-state index in [1.165, 1.54) is 15.8 Å². The normalized spacial score (nSPS) is 10.1. The molecule has 2 heterocycles. The van der Waals surface area contributed by atoms with Crippen molar-refractivity contribution in [3.8, 4) is 12.3 Å². The Balaban J connectivity index is 2.09. The van der Waals surface area contributed by atoms with E-state index < -0.39 is 0 Å². The van der Waals surface area contributed by atoms with E-state index in [1.54, 1.807) is 11.3 Å². The van der Waals surface area contributed by atoms with Crippen molar-refractivity contribution in [1.29, 1.82) is 0 Å². The highest BCUT2D eigenvalue weighted by Crippen LogP contribution is 2.15. The zero-order valence-corrected chi connectivity index (χ0v) is 11.7. The molecule has 0 amide bonds. The van der Waals surface area contributed by atoms with Crippen LogP contribution in [0.15, 0.2) is 28.5 Å². The molecule has 1 N–H and O–H groups in total. The predicted molar refractivity (Wildman–Crippen MR) is 78.9 cm³/mol. The summed E-state index contributed by atoms with van der Waals surface area (Å²) in [5.74, 6) is 2.38. The number of terminal acetylenes is 1. The van der Waals surface area contributed by atoms with Crippen LogP contribution in [-0.2, 0) is 13.0 Å². The van der Waals surface area contributed by atoms with E-state index in [-0.39, 0.29) is 12.1 Å². The van der Waals surface area contributed by atoms with Crippen LogP contribution >= 0.6 is 22.9 Å². The van der Waals surface area contributed by atoms with Gasteiger partial charge in [0.15, 0.2) is 0 Å². The summed E-state index contributed by atoms with van der Waals surface area (Å²) in [5, 5.41) is 9.26. The van der Waals surface area contributed by atoms with Crippen molar-refractivity contribution in [2.24, 2.45) is 0 Å². The van der Waals surface area contributed by atoms with Gasteiger partial charge in [0, 0.05) is 11.4 Å². The van der Waals surface area contributed by atoms with Crippen LogP contribution in [0.3, 0.4) is 0 Å². The summed E-state index contributed by atoms with van der Waals surface area (Å²) in [6, 6.07) is 4.05. The summed E-state index contributed by atoms with van der Waals surface area (Å²) in [6.45, 7) is 0.769. The Morgan fingerprint density at radius 1 is 1.58 bits per heavy atom. The van der Waals surface area contributed by atoms with Crippen molar-refractivity contribution in [1.82, 2.24) is 9.78 Å². The molecule has 0 spiro atoms. The fourth-order valence-electron chi connectivity index (χ4n) is 1.59. The molecule has 2 rings (SSSR count). The van der Waals surface area contributed by atoms with Crippen molar-refractivity contribution >= 4 is 28.6 Å². The fraction of sp³-hybridized carbons (Fsp3) is 0.231. The van der Waals surface area contributed by atoms with Crippen LogP contribution in [0.25, 0.3) is 0 Å². The van der Waals surface area contributed by atoms with Crippen LogP contribution in [-0.4, -0.2) is 16.3 Å². The molecule has 0 saturated carbocycles. The van der Waals surface area contributed by atoms with Crippen LogP contribution in [0, 0.1) is 12.3 Å². The first-order valence-electron chi connectivity index (χ1n) is 5.67. The Hall–Kier alpha value is -1.77. The lowest BCUT2D eigenvalue weighted by atomic mass is 10.3. The molecule has 0 aromatic carbocycles. The van der Waals surface area contributed by atoms with Gasteiger partial charge in [0.05, 0.1) is 11.2 Å². The number of nitrogens with one attached hydrogen (secondary N) is 1. The Morgan fingerprint density at radius 2 is 2.42 bits per heavy atom. The minimum absolute atomic E-state index is 0.135. The highest BCUT2D eigenvalue weighted by Gasteiger charge is 2.08. The lowest BCUT2D eigenvalue weighted by molar-refractivity contribution is 0.664. The summed E-state index contributed by atoms with van der Waals surface area (Å²) in [4.78, 5) is 13.3. The lowest BCUT2D eigenvalue weighted by Crippen LogP contribution is -2.26. The van der Waals surface area contributed by atoms with E-state index in [1.807, 2.05) is 11.4 Å². The molecule has 2 aromatic heterocycles. The number of hydrogen-bond acceptors (Lipinski definition) is 4. The highest BCUT2D eigenvalue weighted by molar-refractivity contribution is 7.09. The van der Waals surface area contributed by atoms with Gasteiger partial charge in [-0.05, 0) is 17.9 Å². The Bertz CT molecular complexity index is 643. The molecular weight excluding hydrogens is 282 g/mol. The van der Waals surface area contributed by atoms with Gasteiger partial charge in [-0.25, -0.2) is 4.68 Å². The smallest absolute Gasteiger partial charge is 0.292 e. The first-order chi connectivity index (χ1) is 9.22. The van der Waals surface area contributed by atoms with Crippen LogP contribution in [0.5, 0.6) is 0 Å². The van der Waals surface area contributed by atoms with Crippen molar-refractivity contribution in [2.75, 3.05) is 11.9 Å². The third kappa shape index (κ3) is 3.37. The van der Waals surface area contributed by atoms with Gasteiger partial charge in [-0.2, -0.15) is 5.10 Å². The lowest BCUT2D eigenvalue weighted by Gasteiger charge is -2.08. The van der Waals surface area contributed by atoms with E-state index in [9.17, 15) is 4.79 Å². The molecular formula is C13H12ClN3OS. The van der Waals surface area contributed by atoms with Gasteiger partial charge in [0.2, 0.25) is 0 Å². The van der Waals surface area contributed by atoms with Crippen molar-refractivity contribution in [3.63, 3.8) is 0 Å². The number of nitrogens with zero attached hydrogens (tertiary/aromatic N) is 2. The van der Waals surface area contributed by atoms with Gasteiger partial charge in [0.1, 0.15) is 12.2 Å². The van der Waals surface area contributed by atoms with Gasteiger partial charge in [-0.3, -0.25) is 4.79 Å². The molecule has 98 valence electrons. The quantitative estimate of drug-likeness (QED) is 0.860. The maximum atomic E-state index is 12.0. The molecule has 0 fully saturated rings. The second-order valence-corrected chi connectivity index (χ2v) is 5.23. The molecule has 0 bridgehead atoms. The fourth-order valence-corrected chi connectivity index (χ4v) is 2.49. The minimum Gasteiger partial charge on any atom is -0.379 e. The number of aromatic nitrogens is 2. The van der Waals surface area contributed by atoms with E-state index >= 15 is 0 Å². The van der Waals surface area contributed by atoms with E-state index in [0.717, 1.165) is 6.42 Å². The van der Waals surface area contributed by atoms with Crippen LogP contribution in [0.2, 0.25) is 5.02 Å². The molecule has 2 aromatic rings. The number of halogens is 1. The van der Waals surface area contributed by atoms with Crippen molar-refractivity contribution in [2.45, 2.75) is 13.0 Å². The number of thiophene rings is 1. The number of rotatable bonds is 5. The zero-order chi connectivity index (χ0) is 13.7. The average molecular weight is 294 g/mol. The zero-order valence-electron chi connectivity index (χ0n) is 10.1. The van der Waals surface area contributed by atoms with Crippen LogP contribution < -0.4 is 10.9 Å². The maximum absolute atomic E-state index is 12.0. The number of anilines is 1. The van der Waals surface area contributed by atoms with Crippen molar-refractivity contribution in [3.05, 3.63) is 44.0 Å². The summed E-state index contributed by atoms with van der Waals surface area (Å²) in [6.07, 6.45) is 7.44. The Labute approximate surface area is 120 Å². The monoisotopic (exact) mass is 293 g/mol. The molecule has 6 heteroatoms. The first-order valence-corrected chi connectivity index (χ1v) is 6.93. The molecule has 0 aliphatic heterocycles. The van der Waals surface area contributed by atoms with E-state index in [4.69, 9.17) is 18.0 Å². The second kappa shape index (κ2) is 6.41. The average Bonchev–Trinajstić information content (AvgIpc) is 2.90. The Morgan fingerprint density at radius 3 is 3.11 bits per heavy atom. The van der Waals surface area contributed by atoms with Gasteiger partial charge in [0.25, 0.3) is 5.56 Å². The molecule has 0 unspecified atom stereocenters. The largest absolute Gasteiger partial charge is 0.379 e. The summed E-state index contributed by atoms with van der Waals surface area (Å²) in [7, 11) is 0. The summed E-state index contributed by atoms with van der Waals surface area (Å²) < 4.78 is 1.21. The van der Waals surface area contributed by atoms with Crippen LogP contribution in [0.1, 0.15) is 4.88 Å². The molecule has 0 radical (unpaired) electrons. The highest BCUT2D eigenvalue weighted by atomic mass is 35.5. The SMILES string of the molecule is C#CCn1ncc(Cl)c(NCCc2cccs2)c1=O. The van der Waals surface area contributed by atoms with Gasteiger partial charge in [-0.1, -0.05) is 23.6 Å². The van der Waals surface area contributed by atoms with E-state index in [0.29, 0.717) is 17.3 Å². The number of hydrogen-bond donors (Lipinski definition) is 1. The predicted octanol–water partition coefficient (Wildman–Crippen LogP) is 2.25. The summed E-state index contributed by atoms with van der Waals surface area (Å²) >= 11 is 7.66. The third-order valence-corrected chi connectivity index (χ3v) is 3.71. The standard InChI is InChI=1S/C13H12ClN3OS/c1-2-7-17-13(18)12(11(14)9-16-17)15-6-5-10-4-3-8-19-10/h1,3-4,8-9,15H,5-7H2. The third-order valence-electron chi connectivity index (χ3n) is 2.49. The van der Waals surface area contributed by atoms with Gasteiger partial charge in [-0.15, -0.1) is 17.8 Å². The topological polar surface area (TPSA) is 46.9 Å².